The molecule has 1 aromatic heterocycles. The molecule has 1 aromatic carbocycles. The molecule has 23 heavy (non-hydrogen) atoms. The van der Waals surface area contributed by atoms with Crippen LogP contribution in [0.2, 0.25) is 5.15 Å². The van der Waals surface area contributed by atoms with Gasteiger partial charge in [-0.3, -0.25) is 4.79 Å². The third-order valence-electron chi connectivity index (χ3n) is 4.03. The van der Waals surface area contributed by atoms with Crippen molar-refractivity contribution in [2.45, 2.75) is 12.8 Å². The van der Waals surface area contributed by atoms with Crippen LogP contribution in [0.1, 0.15) is 28.8 Å². The molecule has 3 rings (SSSR count). The summed E-state index contributed by atoms with van der Waals surface area (Å²) in [5, 5.41) is 10.2. The van der Waals surface area contributed by atoms with Crippen LogP contribution in [0.25, 0.3) is 0 Å². The lowest BCUT2D eigenvalue weighted by Gasteiger charge is -2.31. The van der Waals surface area contributed by atoms with Crippen LogP contribution in [0, 0.1) is 23.1 Å². The Morgan fingerprint density at radius 1 is 1.35 bits per heavy atom. The van der Waals surface area contributed by atoms with Crippen LogP contribution in [0.15, 0.2) is 24.3 Å². The average molecular weight is 350 g/mol. The average Bonchev–Trinajstić information content (AvgIpc) is 2.96. The molecule has 0 bridgehead atoms. The Morgan fingerprint density at radius 2 is 2.00 bits per heavy atom. The summed E-state index contributed by atoms with van der Waals surface area (Å²) in [6.45, 7) is 1.34. The fraction of sp³-hybridized carbons (Fsp3) is 0.312. The summed E-state index contributed by atoms with van der Waals surface area (Å²) >= 11 is 7.11. The lowest BCUT2D eigenvalue weighted by Crippen LogP contribution is -2.36. The predicted octanol–water partition coefficient (Wildman–Crippen LogP) is 3.91. The molecule has 0 N–H and O–H groups in total. The highest BCUT2D eigenvalue weighted by molar-refractivity contribution is 7.10. The summed E-state index contributed by atoms with van der Waals surface area (Å²) in [6.07, 6.45) is 1.38. The number of ketones is 1. The van der Waals surface area contributed by atoms with E-state index in [1.165, 1.54) is 35.8 Å². The molecule has 1 aliphatic heterocycles. The Balaban J connectivity index is 1.67. The van der Waals surface area contributed by atoms with Gasteiger partial charge in [-0.05, 0) is 48.6 Å². The molecule has 0 spiro atoms. The standard InChI is InChI=1S/C16H13ClFN3OS/c17-15-13(9-19)16(23-20-15)21-7-5-11(6-8-21)14(22)10-1-3-12(18)4-2-10/h1-4,11H,5-8H2. The number of rotatable bonds is 3. The monoisotopic (exact) mass is 349 g/mol. The molecule has 1 saturated heterocycles. The minimum Gasteiger partial charge on any atom is -0.361 e. The Morgan fingerprint density at radius 3 is 2.61 bits per heavy atom. The number of halogens is 2. The summed E-state index contributed by atoms with van der Waals surface area (Å²) < 4.78 is 17.0. The minimum absolute atomic E-state index is 0.0486. The Kier molecular flexibility index (Phi) is 4.60. The first-order chi connectivity index (χ1) is 11.1. The molecule has 7 heteroatoms. The maximum atomic E-state index is 12.9. The SMILES string of the molecule is N#Cc1c(Cl)nsc1N1CCC(C(=O)c2ccc(F)cc2)CC1. The number of anilines is 1. The Hall–Kier alpha value is -1.97. The van der Waals surface area contributed by atoms with Crippen molar-refractivity contribution in [1.82, 2.24) is 4.37 Å². The fourth-order valence-corrected chi connectivity index (χ4v) is 3.85. The van der Waals surface area contributed by atoms with Gasteiger partial charge >= 0.3 is 0 Å². The second kappa shape index (κ2) is 6.65. The number of nitriles is 1. The highest BCUT2D eigenvalue weighted by Crippen LogP contribution is 2.34. The summed E-state index contributed by atoms with van der Waals surface area (Å²) in [7, 11) is 0. The first-order valence-corrected chi connectivity index (χ1v) is 8.35. The lowest BCUT2D eigenvalue weighted by molar-refractivity contribution is 0.0900. The van der Waals surface area contributed by atoms with Gasteiger partial charge in [-0.2, -0.15) is 9.64 Å². The number of Topliss-reactive ketones (excluding diaryl/α,β-unsaturated/α-hetero) is 1. The fourth-order valence-electron chi connectivity index (χ4n) is 2.77. The van der Waals surface area contributed by atoms with Gasteiger partial charge in [-0.15, -0.1) is 0 Å². The van der Waals surface area contributed by atoms with Crippen molar-refractivity contribution in [2.24, 2.45) is 5.92 Å². The van der Waals surface area contributed by atoms with Gasteiger partial charge in [0.15, 0.2) is 10.9 Å². The smallest absolute Gasteiger partial charge is 0.166 e. The van der Waals surface area contributed by atoms with Crippen molar-refractivity contribution >= 4 is 33.9 Å². The molecule has 118 valence electrons. The molecule has 0 amide bonds. The number of nitrogens with zero attached hydrogens (tertiary/aromatic N) is 3. The lowest BCUT2D eigenvalue weighted by atomic mass is 9.89. The zero-order valence-corrected chi connectivity index (χ0v) is 13.7. The van der Waals surface area contributed by atoms with Gasteiger partial charge in [0.2, 0.25) is 0 Å². The molecule has 2 aromatic rings. The Labute approximate surface area is 142 Å². The molecular formula is C16H13ClFN3OS. The zero-order chi connectivity index (χ0) is 16.4. The number of hydrogen-bond acceptors (Lipinski definition) is 5. The number of carbonyl (C=O) groups excluding carboxylic acids is 1. The highest BCUT2D eigenvalue weighted by atomic mass is 35.5. The molecule has 0 saturated carbocycles. The van der Waals surface area contributed by atoms with Crippen molar-refractivity contribution in [3.63, 3.8) is 0 Å². The quantitative estimate of drug-likeness (QED) is 0.788. The maximum absolute atomic E-state index is 12.9. The van der Waals surface area contributed by atoms with Crippen molar-refractivity contribution in [1.29, 1.82) is 5.26 Å². The highest BCUT2D eigenvalue weighted by Gasteiger charge is 2.28. The van der Waals surface area contributed by atoms with Crippen molar-refractivity contribution in [3.05, 3.63) is 46.4 Å². The summed E-state index contributed by atoms with van der Waals surface area (Å²) in [4.78, 5) is 14.5. The van der Waals surface area contributed by atoms with E-state index >= 15 is 0 Å². The van der Waals surface area contributed by atoms with E-state index in [0.717, 1.165) is 5.00 Å². The van der Waals surface area contributed by atoms with Gasteiger partial charge in [0.25, 0.3) is 0 Å². The topological polar surface area (TPSA) is 57.0 Å². The van der Waals surface area contributed by atoms with Crippen molar-refractivity contribution in [3.8, 4) is 6.07 Å². The number of piperidine rings is 1. The predicted molar refractivity (Wildman–Crippen MR) is 87.5 cm³/mol. The van der Waals surface area contributed by atoms with E-state index in [1.807, 2.05) is 0 Å². The van der Waals surface area contributed by atoms with E-state index in [9.17, 15) is 9.18 Å². The Bertz CT molecular complexity index is 761. The molecule has 2 heterocycles. The first kappa shape index (κ1) is 15.9. The van der Waals surface area contributed by atoms with Gasteiger partial charge in [-0.25, -0.2) is 4.39 Å². The normalized spacial score (nSPS) is 15.4. The van der Waals surface area contributed by atoms with Crippen LogP contribution in [0.3, 0.4) is 0 Å². The van der Waals surface area contributed by atoms with E-state index < -0.39 is 0 Å². The van der Waals surface area contributed by atoms with Crippen LogP contribution >= 0.6 is 23.1 Å². The van der Waals surface area contributed by atoms with Crippen molar-refractivity contribution < 1.29 is 9.18 Å². The van der Waals surface area contributed by atoms with Crippen LogP contribution in [-0.2, 0) is 0 Å². The molecule has 0 aliphatic carbocycles. The van der Waals surface area contributed by atoms with Gasteiger partial charge in [0.1, 0.15) is 22.5 Å². The largest absolute Gasteiger partial charge is 0.361 e. The first-order valence-electron chi connectivity index (χ1n) is 7.20. The molecule has 4 nitrogen and oxygen atoms in total. The molecular weight excluding hydrogens is 337 g/mol. The van der Waals surface area contributed by atoms with Gasteiger partial charge < -0.3 is 4.90 Å². The molecule has 1 fully saturated rings. The van der Waals surface area contributed by atoms with E-state index in [2.05, 4.69) is 15.3 Å². The van der Waals surface area contributed by atoms with Crippen LogP contribution in [0.4, 0.5) is 9.39 Å². The summed E-state index contributed by atoms with van der Waals surface area (Å²) in [5.74, 6) is -0.374. The zero-order valence-electron chi connectivity index (χ0n) is 12.1. The van der Waals surface area contributed by atoms with Crippen LogP contribution in [-0.4, -0.2) is 23.2 Å². The van der Waals surface area contributed by atoms with Crippen LogP contribution in [0.5, 0.6) is 0 Å². The number of benzene rings is 1. The van der Waals surface area contributed by atoms with E-state index in [4.69, 9.17) is 16.9 Å². The number of carbonyl (C=O) groups is 1. The third-order valence-corrected chi connectivity index (χ3v) is 5.31. The maximum Gasteiger partial charge on any atom is 0.166 e. The van der Waals surface area contributed by atoms with E-state index in [1.54, 1.807) is 0 Å². The number of aromatic nitrogens is 1. The molecule has 0 atom stereocenters. The third kappa shape index (κ3) is 3.21. The second-order valence-corrected chi connectivity index (χ2v) is 6.51. The van der Waals surface area contributed by atoms with E-state index in [-0.39, 0.29) is 22.7 Å². The van der Waals surface area contributed by atoms with Gasteiger partial charge in [-0.1, -0.05) is 11.6 Å². The van der Waals surface area contributed by atoms with Crippen LogP contribution < -0.4 is 4.90 Å². The molecule has 0 radical (unpaired) electrons. The van der Waals surface area contributed by atoms with Gasteiger partial charge in [0.05, 0.1) is 0 Å². The second-order valence-electron chi connectivity index (χ2n) is 5.40. The van der Waals surface area contributed by atoms with E-state index in [0.29, 0.717) is 37.1 Å². The number of hydrogen-bond donors (Lipinski definition) is 0. The molecule has 0 unspecified atom stereocenters. The summed E-state index contributed by atoms with van der Waals surface area (Å²) in [5.41, 5.74) is 0.948. The summed E-state index contributed by atoms with van der Waals surface area (Å²) in [6, 6.07) is 7.75. The van der Waals surface area contributed by atoms with Gasteiger partial charge in [0, 0.05) is 24.6 Å². The minimum atomic E-state index is -0.345. The molecule has 1 aliphatic rings. The van der Waals surface area contributed by atoms with Crippen molar-refractivity contribution in [2.75, 3.05) is 18.0 Å².